The number of furan rings is 1. The number of nitrogens with zero attached hydrogens (tertiary/aromatic N) is 1. The lowest BCUT2D eigenvalue weighted by Gasteiger charge is -2.34. The predicted octanol–water partition coefficient (Wildman–Crippen LogP) is 5.45. The number of benzene rings is 1. The summed E-state index contributed by atoms with van der Waals surface area (Å²) in [5.41, 5.74) is 0.630. The van der Waals surface area contributed by atoms with Crippen molar-refractivity contribution in [2.24, 2.45) is 11.8 Å². The summed E-state index contributed by atoms with van der Waals surface area (Å²) in [5.74, 6) is -0.637. The van der Waals surface area contributed by atoms with Crippen LogP contribution >= 0.6 is 0 Å². The Morgan fingerprint density at radius 2 is 1.82 bits per heavy atom. The SMILES string of the molecule is CC(C)(C)OC(=O)N1CC[C@@H](C2CCCCC2)[C@H]1C(=O)Cc1ccc2oc(C(=O)O)cc2c1. The van der Waals surface area contributed by atoms with Crippen LogP contribution in [-0.4, -0.2) is 46.0 Å². The van der Waals surface area contributed by atoms with Crippen LogP contribution in [0, 0.1) is 11.8 Å². The van der Waals surface area contributed by atoms with E-state index in [1.165, 1.54) is 25.3 Å². The van der Waals surface area contributed by atoms with E-state index in [-0.39, 0.29) is 23.9 Å². The Morgan fingerprint density at radius 1 is 1.09 bits per heavy atom. The van der Waals surface area contributed by atoms with Gasteiger partial charge in [0.1, 0.15) is 11.2 Å². The molecule has 2 heterocycles. The predicted molar refractivity (Wildman–Crippen MR) is 123 cm³/mol. The van der Waals surface area contributed by atoms with E-state index in [0.29, 0.717) is 23.4 Å². The third-order valence-corrected chi connectivity index (χ3v) is 6.83. The van der Waals surface area contributed by atoms with Gasteiger partial charge in [0.2, 0.25) is 5.76 Å². The molecule has 2 aliphatic rings. The Bertz CT molecular complexity index is 1040. The van der Waals surface area contributed by atoms with Gasteiger partial charge >= 0.3 is 12.1 Å². The van der Waals surface area contributed by atoms with Crippen molar-refractivity contribution in [3.8, 4) is 0 Å². The van der Waals surface area contributed by atoms with Gasteiger partial charge in [0, 0.05) is 18.4 Å². The maximum atomic E-state index is 13.6. The third kappa shape index (κ3) is 5.23. The second-order valence-electron chi connectivity index (χ2n) is 10.4. The number of hydrogen-bond acceptors (Lipinski definition) is 5. The standard InChI is InChI=1S/C26H33NO6/c1-26(2,3)33-25(31)27-12-11-19(17-7-5-4-6-8-17)23(27)20(28)14-16-9-10-21-18(13-16)15-22(32-21)24(29)30/h9-10,13,15,17,19,23H,4-8,11-12,14H2,1-3H3,(H,29,30)/t19-,23-/m0/s1. The number of carbonyl (C=O) groups excluding carboxylic acids is 2. The molecule has 0 unspecified atom stereocenters. The van der Waals surface area contributed by atoms with E-state index in [2.05, 4.69) is 0 Å². The summed E-state index contributed by atoms with van der Waals surface area (Å²) >= 11 is 0. The van der Waals surface area contributed by atoms with E-state index in [1.54, 1.807) is 23.1 Å². The molecule has 1 saturated carbocycles. The lowest BCUT2D eigenvalue weighted by Crippen LogP contribution is -2.47. The van der Waals surface area contributed by atoms with E-state index in [0.717, 1.165) is 24.8 Å². The van der Waals surface area contributed by atoms with Crippen molar-refractivity contribution < 1.29 is 28.6 Å². The molecule has 2 fully saturated rings. The number of carboxylic acid groups (broad SMARTS) is 1. The zero-order valence-corrected chi connectivity index (χ0v) is 19.6. The van der Waals surface area contributed by atoms with Gasteiger partial charge in [-0.15, -0.1) is 0 Å². The van der Waals surface area contributed by atoms with Gasteiger partial charge in [-0.3, -0.25) is 9.69 Å². The molecule has 1 N–H and O–H groups in total. The van der Waals surface area contributed by atoms with Gasteiger partial charge in [0.05, 0.1) is 6.04 Å². The van der Waals surface area contributed by atoms with E-state index in [9.17, 15) is 14.4 Å². The monoisotopic (exact) mass is 455 g/mol. The van der Waals surface area contributed by atoms with Crippen LogP contribution in [0.3, 0.4) is 0 Å². The molecule has 4 rings (SSSR count). The summed E-state index contributed by atoms with van der Waals surface area (Å²) in [7, 11) is 0. The molecule has 1 aliphatic carbocycles. The molecule has 0 spiro atoms. The van der Waals surface area contributed by atoms with Crippen molar-refractivity contribution in [2.75, 3.05) is 6.54 Å². The van der Waals surface area contributed by atoms with Crippen LogP contribution in [0.5, 0.6) is 0 Å². The first-order valence-electron chi connectivity index (χ1n) is 11.9. The molecular weight excluding hydrogens is 422 g/mol. The maximum absolute atomic E-state index is 13.6. The number of Topliss-reactive ketones (excluding diaryl/α,β-unsaturated/α-hetero) is 1. The maximum Gasteiger partial charge on any atom is 0.410 e. The van der Waals surface area contributed by atoms with Crippen LogP contribution in [-0.2, 0) is 16.0 Å². The molecule has 0 bridgehead atoms. The number of ether oxygens (including phenoxy) is 1. The number of carboxylic acids is 1. The second-order valence-corrected chi connectivity index (χ2v) is 10.4. The Hall–Kier alpha value is -2.83. The molecular formula is C26H33NO6. The van der Waals surface area contributed by atoms with Crippen molar-refractivity contribution in [2.45, 2.75) is 77.4 Å². The highest BCUT2D eigenvalue weighted by molar-refractivity contribution is 5.93. The van der Waals surface area contributed by atoms with E-state index in [1.807, 2.05) is 20.8 Å². The fourth-order valence-electron chi connectivity index (χ4n) is 5.42. The molecule has 1 aliphatic heterocycles. The summed E-state index contributed by atoms with van der Waals surface area (Å²) in [6.45, 7) is 6.04. The fraction of sp³-hybridized carbons (Fsp3) is 0.577. The molecule has 1 amide bonds. The first-order chi connectivity index (χ1) is 15.6. The van der Waals surface area contributed by atoms with Gasteiger partial charge in [0.15, 0.2) is 5.78 Å². The minimum Gasteiger partial charge on any atom is -0.475 e. The van der Waals surface area contributed by atoms with Crippen LogP contribution in [0.2, 0.25) is 0 Å². The van der Waals surface area contributed by atoms with Gasteiger partial charge in [-0.25, -0.2) is 9.59 Å². The molecule has 1 saturated heterocycles. The van der Waals surface area contributed by atoms with Crippen molar-refractivity contribution >= 4 is 28.8 Å². The number of fused-ring (bicyclic) bond motifs is 1. The van der Waals surface area contributed by atoms with Gasteiger partial charge in [-0.1, -0.05) is 38.2 Å². The summed E-state index contributed by atoms with van der Waals surface area (Å²) < 4.78 is 11.0. The number of likely N-dealkylation sites (tertiary alicyclic amines) is 1. The van der Waals surface area contributed by atoms with Gasteiger partial charge in [-0.2, -0.15) is 0 Å². The summed E-state index contributed by atoms with van der Waals surface area (Å²) in [6.07, 6.45) is 6.39. The molecule has 178 valence electrons. The molecule has 2 aromatic rings. The Morgan fingerprint density at radius 3 is 2.48 bits per heavy atom. The molecule has 1 aromatic heterocycles. The Balaban J connectivity index is 1.57. The van der Waals surface area contributed by atoms with Crippen LogP contribution in [0.15, 0.2) is 28.7 Å². The van der Waals surface area contributed by atoms with E-state index < -0.39 is 23.7 Å². The largest absolute Gasteiger partial charge is 0.475 e. The van der Waals surface area contributed by atoms with Gasteiger partial charge < -0.3 is 14.3 Å². The highest BCUT2D eigenvalue weighted by Crippen LogP contribution is 2.40. The normalized spacial score (nSPS) is 22.0. The number of aromatic carboxylic acids is 1. The fourth-order valence-corrected chi connectivity index (χ4v) is 5.42. The van der Waals surface area contributed by atoms with Gasteiger partial charge in [-0.05, 0) is 62.8 Å². The second kappa shape index (κ2) is 9.20. The summed E-state index contributed by atoms with van der Waals surface area (Å²) in [5, 5.41) is 9.81. The third-order valence-electron chi connectivity index (χ3n) is 6.83. The number of carbonyl (C=O) groups is 3. The van der Waals surface area contributed by atoms with Crippen LogP contribution in [0.1, 0.15) is 75.4 Å². The molecule has 0 radical (unpaired) electrons. The summed E-state index contributed by atoms with van der Waals surface area (Å²) in [6, 6.07) is 6.27. The number of amides is 1. The lowest BCUT2D eigenvalue weighted by molar-refractivity contribution is -0.124. The Labute approximate surface area is 194 Å². The quantitative estimate of drug-likeness (QED) is 0.644. The molecule has 2 atom stereocenters. The number of ketones is 1. The van der Waals surface area contributed by atoms with Crippen molar-refractivity contribution in [1.29, 1.82) is 0 Å². The molecule has 33 heavy (non-hydrogen) atoms. The van der Waals surface area contributed by atoms with E-state index >= 15 is 0 Å². The average Bonchev–Trinajstić information content (AvgIpc) is 3.37. The first kappa shape index (κ1) is 23.3. The van der Waals surface area contributed by atoms with Crippen molar-refractivity contribution in [3.63, 3.8) is 0 Å². The molecule has 1 aromatic carbocycles. The van der Waals surface area contributed by atoms with Crippen molar-refractivity contribution in [3.05, 3.63) is 35.6 Å². The van der Waals surface area contributed by atoms with Crippen molar-refractivity contribution in [1.82, 2.24) is 4.90 Å². The molecule has 7 nitrogen and oxygen atoms in total. The smallest absolute Gasteiger partial charge is 0.410 e. The number of rotatable bonds is 5. The number of hydrogen-bond donors (Lipinski definition) is 1. The topological polar surface area (TPSA) is 97.0 Å². The Kier molecular flexibility index (Phi) is 6.50. The highest BCUT2D eigenvalue weighted by atomic mass is 16.6. The highest BCUT2D eigenvalue weighted by Gasteiger charge is 2.46. The van der Waals surface area contributed by atoms with Crippen LogP contribution < -0.4 is 0 Å². The zero-order valence-electron chi connectivity index (χ0n) is 19.6. The molecule has 7 heteroatoms. The summed E-state index contributed by atoms with van der Waals surface area (Å²) in [4.78, 5) is 39.5. The minimum atomic E-state index is -1.13. The van der Waals surface area contributed by atoms with E-state index in [4.69, 9.17) is 14.3 Å². The van der Waals surface area contributed by atoms with Crippen LogP contribution in [0.25, 0.3) is 11.0 Å². The van der Waals surface area contributed by atoms with Gasteiger partial charge in [0.25, 0.3) is 0 Å². The lowest BCUT2D eigenvalue weighted by atomic mass is 9.75. The van der Waals surface area contributed by atoms with Crippen LogP contribution in [0.4, 0.5) is 4.79 Å². The minimum absolute atomic E-state index is 0.00948. The first-order valence-corrected chi connectivity index (χ1v) is 11.9. The zero-order chi connectivity index (χ0) is 23.8. The average molecular weight is 456 g/mol.